The number of aromatic nitrogens is 3. The summed E-state index contributed by atoms with van der Waals surface area (Å²) in [6.45, 7) is 4.80. The molecule has 2 aromatic heterocycles. The minimum absolute atomic E-state index is 0.0454. The lowest BCUT2D eigenvalue weighted by Crippen LogP contribution is -2.33. The van der Waals surface area contributed by atoms with Gasteiger partial charge in [-0.25, -0.2) is 9.97 Å². The predicted octanol–water partition coefficient (Wildman–Crippen LogP) is 9.53. The monoisotopic (exact) mass is 617 g/mol. The van der Waals surface area contributed by atoms with Crippen LogP contribution < -0.4 is 10.6 Å². The second kappa shape index (κ2) is 10.2. The quantitative estimate of drug-likeness (QED) is 0.198. The minimum Gasteiger partial charge on any atom is -0.309 e. The van der Waals surface area contributed by atoms with Crippen LogP contribution in [0, 0.1) is 5.92 Å². The highest BCUT2D eigenvalue weighted by molar-refractivity contribution is 6.21. The van der Waals surface area contributed by atoms with Crippen molar-refractivity contribution in [3.8, 4) is 28.3 Å². The largest absolute Gasteiger partial charge is 0.309 e. The van der Waals surface area contributed by atoms with E-state index in [1.54, 1.807) is 0 Å². The van der Waals surface area contributed by atoms with Crippen LogP contribution in [-0.2, 0) is 5.41 Å². The van der Waals surface area contributed by atoms with Crippen molar-refractivity contribution < 1.29 is 0 Å². The molecular weight excluding hydrogens is 583 g/mol. The van der Waals surface area contributed by atoms with E-state index in [1.165, 1.54) is 49.3 Å². The molecule has 0 bridgehead atoms. The first kappa shape index (κ1) is 27.6. The first-order valence-electron chi connectivity index (χ1n) is 17.2. The van der Waals surface area contributed by atoms with Gasteiger partial charge in [0.2, 0.25) is 0 Å². The molecule has 2 unspecified atom stereocenters. The Morgan fingerprint density at radius 3 is 2.40 bits per heavy atom. The van der Waals surface area contributed by atoms with E-state index in [4.69, 9.17) is 9.97 Å². The highest BCUT2D eigenvalue weighted by atomic mass is 15.0. The van der Waals surface area contributed by atoms with E-state index in [2.05, 4.69) is 158 Å². The number of allylic oxidation sites excluding steroid dienone is 4. The number of rotatable bonds is 3. The third-order valence-corrected chi connectivity index (χ3v) is 11.1. The zero-order valence-electron chi connectivity index (χ0n) is 27.2. The second-order valence-corrected chi connectivity index (χ2v) is 14.1. The predicted molar refractivity (Wildman–Crippen MR) is 200 cm³/mol. The maximum atomic E-state index is 5.41. The first-order chi connectivity index (χ1) is 23.6. The Morgan fingerprint density at radius 1 is 0.688 bits per heavy atom. The topological polar surface area (TPSA) is 30.7 Å². The van der Waals surface area contributed by atoms with Crippen molar-refractivity contribution in [3.05, 3.63) is 149 Å². The van der Waals surface area contributed by atoms with Crippen molar-refractivity contribution in [1.29, 1.82) is 0 Å². The molecule has 10 rings (SSSR count). The molecule has 0 radical (unpaired) electrons. The van der Waals surface area contributed by atoms with E-state index >= 15 is 0 Å². The number of benzene rings is 5. The van der Waals surface area contributed by atoms with Crippen molar-refractivity contribution in [2.24, 2.45) is 5.92 Å². The Bertz CT molecular complexity index is 2650. The zero-order chi connectivity index (χ0) is 32.0. The molecule has 0 saturated carbocycles. The smallest absolute Gasteiger partial charge is 0.160 e. The molecule has 3 aliphatic carbocycles. The van der Waals surface area contributed by atoms with Crippen molar-refractivity contribution in [2.75, 3.05) is 0 Å². The van der Waals surface area contributed by atoms with Gasteiger partial charge >= 0.3 is 0 Å². The molecule has 3 heteroatoms. The van der Waals surface area contributed by atoms with E-state index in [1.807, 2.05) is 0 Å². The second-order valence-electron chi connectivity index (χ2n) is 14.1. The van der Waals surface area contributed by atoms with Crippen molar-refractivity contribution in [3.63, 3.8) is 0 Å². The van der Waals surface area contributed by atoms with E-state index < -0.39 is 0 Å². The van der Waals surface area contributed by atoms with E-state index in [9.17, 15) is 0 Å². The molecule has 0 fully saturated rings. The summed E-state index contributed by atoms with van der Waals surface area (Å²) in [5.41, 5.74) is 9.70. The Labute approximate surface area is 279 Å². The Hall–Kier alpha value is -5.54. The van der Waals surface area contributed by atoms with E-state index in [0.29, 0.717) is 11.8 Å². The van der Waals surface area contributed by atoms with Crippen molar-refractivity contribution >= 4 is 44.7 Å². The third kappa shape index (κ3) is 3.94. The third-order valence-electron chi connectivity index (χ3n) is 11.1. The fourth-order valence-corrected chi connectivity index (χ4v) is 8.75. The summed E-state index contributed by atoms with van der Waals surface area (Å²) < 4.78 is 2.39. The number of hydrogen-bond donors (Lipinski definition) is 0. The summed E-state index contributed by atoms with van der Waals surface area (Å²) in [5, 5.41) is 7.17. The van der Waals surface area contributed by atoms with Crippen LogP contribution in [0.15, 0.2) is 127 Å². The molecule has 3 nitrogen and oxygen atoms in total. The number of fused-ring (bicyclic) bond motifs is 9. The summed E-state index contributed by atoms with van der Waals surface area (Å²) in [4.78, 5) is 10.6. The van der Waals surface area contributed by atoms with Crippen LogP contribution in [-0.4, -0.2) is 14.5 Å². The van der Waals surface area contributed by atoms with Gasteiger partial charge in [-0.15, -0.1) is 0 Å². The average Bonchev–Trinajstić information content (AvgIpc) is 3.60. The number of hydrogen-bond acceptors (Lipinski definition) is 2. The highest BCUT2D eigenvalue weighted by Gasteiger charge is 2.44. The minimum atomic E-state index is 0.0454. The molecule has 2 heterocycles. The van der Waals surface area contributed by atoms with Gasteiger partial charge in [0.25, 0.3) is 0 Å². The van der Waals surface area contributed by atoms with Gasteiger partial charge in [-0.1, -0.05) is 111 Å². The van der Waals surface area contributed by atoms with Crippen LogP contribution in [0.25, 0.3) is 73.1 Å². The van der Waals surface area contributed by atoms with Crippen molar-refractivity contribution in [2.45, 2.75) is 38.0 Å². The standard InChI is InChI=1S/C45H35N3/c1-45(2)37-18-10-8-16-33(37)34-23-20-29(27-38(34)45)43-35-17-9-11-19-39(35)46-44(47-43)30-22-24-40-36(26-30)42-32-15-7-6-12-28(32)21-25-41(42)48(40)31-13-4-3-5-14-31/h3-8,10,12-27,33,37H,9,11H2,1-2H3. The summed E-state index contributed by atoms with van der Waals surface area (Å²) in [7, 11) is 0. The van der Waals surface area contributed by atoms with E-state index in [0.717, 1.165) is 46.2 Å². The highest BCUT2D eigenvalue weighted by Crippen LogP contribution is 2.53. The zero-order valence-corrected chi connectivity index (χ0v) is 27.2. The summed E-state index contributed by atoms with van der Waals surface area (Å²) in [5.74, 6) is 1.69. The molecule has 48 heavy (non-hydrogen) atoms. The van der Waals surface area contributed by atoms with Gasteiger partial charge in [0.15, 0.2) is 5.82 Å². The van der Waals surface area contributed by atoms with Gasteiger partial charge in [-0.05, 0) is 88.5 Å². The fraction of sp³-hybridized carbons (Fsp3) is 0.156. The maximum absolute atomic E-state index is 5.41. The van der Waals surface area contributed by atoms with Crippen molar-refractivity contribution in [1.82, 2.24) is 14.5 Å². The van der Waals surface area contributed by atoms with Gasteiger partial charge in [0.05, 0.1) is 22.1 Å². The van der Waals surface area contributed by atoms with Crippen LogP contribution in [0.5, 0.6) is 0 Å². The van der Waals surface area contributed by atoms with Gasteiger partial charge in [0, 0.05) is 38.7 Å². The lowest BCUT2D eigenvalue weighted by atomic mass is 9.74. The Kier molecular flexibility index (Phi) is 5.87. The van der Waals surface area contributed by atoms with Crippen LogP contribution in [0.2, 0.25) is 0 Å². The first-order valence-corrected chi connectivity index (χ1v) is 17.2. The van der Waals surface area contributed by atoms with Crippen LogP contribution >= 0.6 is 0 Å². The lowest BCUT2D eigenvalue weighted by Gasteiger charge is -2.29. The average molecular weight is 618 g/mol. The molecule has 7 aromatic rings. The van der Waals surface area contributed by atoms with Gasteiger partial charge in [0.1, 0.15) is 0 Å². The molecule has 0 saturated heterocycles. The fourth-order valence-electron chi connectivity index (χ4n) is 8.75. The molecule has 0 amide bonds. The molecule has 0 N–H and O–H groups in total. The van der Waals surface area contributed by atoms with E-state index in [-0.39, 0.29) is 5.41 Å². The molecule has 3 aliphatic rings. The van der Waals surface area contributed by atoms with Gasteiger partial charge in [-0.3, -0.25) is 0 Å². The van der Waals surface area contributed by atoms with Gasteiger partial charge < -0.3 is 4.57 Å². The van der Waals surface area contributed by atoms with Crippen LogP contribution in [0.4, 0.5) is 0 Å². The summed E-state index contributed by atoms with van der Waals surface area (Å²) in [6.07, 6.45) is 15.8. The SMILES string of the molecule is CC1(C)c2cc(-c3nc(-c4ccc5c(c4)c4c6ccccc6ccc4n5-c4ccccc4)nc4c3=CCCC=4)ccc2C2C=CC=CC21. The molecule has 230 valence electrons. The normalized spacial score (nSPS) is 18.8. The maximum Gasteiger partial charge on any atom is 0.160 e. The molecule has 5 aromatic carbocycles. The van der Waals surface area contributed by atoms with Gasteiger partial charge in [-0.2, -0.15) is 0 Å². The Balaban J connectivity index is 1.20. The summed E-state index contributed by atoms with van der Waals surface area (Å²) >= 11 is 0. The lowest BCUT2D eigenvalue weighted by molar-refractivity contribution is 0.394. The Morgan fingerprint density at radius 2 is 1.48 bits per heavy atom. The number of nitrogens with zero attached hydrogens (tertiary/aromatic N) is 3. The molecule has 2 atom stereocenters. The molecule has 0 spiro atoms. The summed E-state index contributed by atoms with van der Waals surface area (Å²) in [6, 6.07) is 37.7. The molecular formula is C45H35N3. The van der Waals surface area contributed by atoms with Crippen LogP contribution in [0.3, 0.4) is 0 Å². The molecule has 0 aliphatic heterocycles. The van der Waals surface area contributed by atoms with Crippen LogP contribution in [0.1, 0.15) is 43.7 Å². The number of para-hydroxylation sites is 1.